The molecule has 0 bridgehead atoms. The first-order valence-electron chi connectivity index (χ1n) is 8.41. The van der Waals surface area contributed by atoms with Crippen LogP contribution in [0.1, 0.15) is 34.9 Å². The Kier molecular flexibility index (Phi) is 5.41. The Bertz CT molecular complexity index is 764. The number of carbonyl (C=O) groups is 2. The van der Waals surface area contributed by atoms with Gasteiger partial charge in [-0.25, -0.2) is 4.79 Å². The molecular formula is C20H21NO5. The molecule has 2 aromatic carbocycles. The number of amides is 1. The molecule has 3 rings (SSSR count). The summed E-state index contributed by atoms with van der Waals surface area (Å²) in [7, 11) is 2.92. The fourth-order valence-corrected chi connectivity index (χ4v) is 2.62. The third kappa shape index (κ3) is 3.96. The van der Waals surface area contributed by atoms with E-state index in [1.807, 2.05) is 6.07 Å². The summed E-state index contributed by atoms with van der Waals surface area (Å²) in [5.41, 5.74) is 0.755. The summed E-state index contributed by atoms with van der Waals surface area (Å²) in [6, 6.07) is 14.1. The summed E-state index contributed by atoms with van der Waals surface area (Å²) in [6.07, 6.45) is 0.849. The third-order valence-electron chi connectivity index (χ3n) is 4.12. The van der Waals surface area contributed by atoms with Gasteiger partial charge in [0.1, 0.15) is 17.1 Å². The number of ether oxygens (including phenoxy) is 3. The molecule has 0 spiro atoms. The lowest BCUT2D eigenvalue weighted by Crippen LogP contribution is -2.33. The molecule has 1 amide bonds. The maximum Gasteiger partial charge on any atom is 0.346 e. The number of esters is 1. The third-order valence-corrected chi connectivity index (χ3v) is 4.12. The van der Waals surface area contributed by atoms with E-state index in [1.54, 1.807) is 42.5 Å². The Balaban J connectivity index is 1.89. The molecule has 1 atom stereocenters. The minimum atomic E-state index is -1.04. The molecule has 1 aliphatic carbocycles. The Morgan fingerprint density at radius 2 is 1.58 bits per heavy atom. The van der Waals surface area contributed by atoms with E-state index in [2.05, 4.69) is 5.32 Å². The van der Waals surface area contributed by atoms with Crippen LogP contribution in [0.5, 0.6) is 11.5 Å². The second kappa shape index (κ2) is 7.91. The molecule has 0 aliphatic heterocycles. The van der Waals surface area contributed by atoms with Gasteiger partial charge in [0.2, 0.25) is 6.10 Å². The van der Waals surface area contributed by atoms with Gasteiger partial charge >= 0.3 is 5.97 Å². The van der Waals surface area contributed by atoms with Crippen LogP contribution in [0.3, 0.4) is 0 Å². The molecule has 6 heteroatoms. The first-order valence-corrected chi connectivity index (χ1v) is 8.41. The van der Waals surface area contributed by atoms with E-state index >= 15 is 0 Å². The molecule has 136 valence electrons. The van der Waals surface area contributed by atoms with E-state index in [9.17, 15) is 9.59 Å². The SMILES string of the molecule is COc1cccc(OC)c1C(=O)O[C@@H](C(=O)NC1CC1)c1ccccc1. The summed E-state index contributed by atoms with van der Waals surface area (Å²) in [5, 5.41) is 2.89. The first kappa shape index (κ1) is 17.8. The van der Waals surface area contributed by atoms with Gasteiger partial charge in [0.15, 0.2) is 0 Å². The van der Waals surface area contributed by atoms with Crippen molar-refractivity contribution >= 4 is 11.9 Å². The van der Waals surface area contributed by atoms with Gasteiger partial charge in [-0.2, -0.15) is 0 Å². The topological polar surface area (TPSA) is 73.9 Å². The number of nitrogens with one attached hydrogen (secondary N) is 1. The lowest BCUT2D eigenvalue weighted by atomic mass is 10.1. The lowest BCUT2D eigenvalue weighted by molar-refractivity contribution is -0.130. The number of hydrogen-bond acceptors (Lipinski definition) is 5. The van der Waals surface area contributed by atoms with Gasteiger partial charge in [-0.3, -0.25) is 4.79 Å². The zero-order chi connectivity index (χ0) is 18.5. The van der Waals surface area contributed by atoms with Crippen molar-refractivity contribution in [2.45, 2.75) is 25.0 Å². The highest BCUT2D eigenvalue weighted by Crippen LogP contribution is 2.31. The zero-order valence-electron chi connectivity index (χ0n) is 14.7. The summed E-state index contributed by atoms with van der Waals surface area (Å²) < 4.78 is 16.1. The standard InChI is InChI=1S/C20H21NO5/c1-24-15-9-6-10-16(25-2)17(15)20(23)26-18(13-7-4-3-5-8-13)19(22)21-14-11-12-14/h3-10,14,18H,11-12H2,1-2H3,(H,21,22)/t18-/m1/s1. The number of hydrogen-bond donors (Lipinski definition) is 1. The molecular weight excluding hydrogens is 334 g/mol. The minimum Gasteiger partial charge on any atom is -0.496 e. The van der Waals surface area contributed by atoms with Crippen molar-refractivity contribution in [1.82, 2.24) is 5.32 Å². The van der Waals surface area contributed by atoms with Crippen LogP contribution < -0.4 is 14.8 Å². The highest BCUT2D eigenvalue weighted by molar-refractivity contribution is 5.97. The molecule has 0 unspecified atom stereocenters. The van der Waals surface area contributed by atoms with Crippen LogP contribution in [0, 0.1) is 0 Å². The second-order valence-corrected chi connectivity index (χ2v) is 6.02. The molecule has 2 aromatic rings. The van der Waals surface area contributed by atoms with Gasteiger partial charge in [0.05, 0.1) is 14.2 Å². The van der Waals surface area contributed by atoms with Crippen LogP contribution in [0.4, 0.5) is 0 Å². The van der Waals surface area contributed by atoms with Crippen molar-refractivity contribution in [3.05, 3.63) is 59.7 Å². The molecule has 0 saturated heterocycles. The maximum absolute atomic E-state index is 12.8. The van der Waals surface area contributed by atoms with E-state index < -0.39 is 12.1 Å². The van der Waals surface area contributed by atoms with E-state index in [0.717, 1.165) is 12.8 Å². The molecule has 26 heavy (non-hydrogen) atoms. The van der Waals surface area contributed by atoms with Crippen LogP contribution in [0.25, 0.3) is 0 Å². The van der Waals surface area contributed by atoms with Crippen molar-refractivity contribution in [3.63, 3.8) is 0 Å². The van der Waals surface area contributed by atoms with E-state index in [0.29, 0.717) is 17.1 Å². The van der Waals surface area contributed by atoms with Crippen molar-refractivity contribution in [2.24, 2.45) is 0 Å². The number of rotatable bonds is 7. The number of benzene rings is 2. The van der Waals surface area contributed by atoms with Gasteiger partial charge in [-0.15, -0.1) is 0 Å². The van der Waals surface area contributed by atoms with E-state index in [-0.39, 0.29) is 17.5 Å². The fraction of sp³-hybridized carbons (Fsp3) is 0.300. The fourth-order valence-electron chi connectivity index (χ4n) is 2.62. The Morgan fingerprint density at radius 3 is 2.12 bits per heavy atom. The molecule has 0 heterocycles. The highest BCUT2D eigenvalue weighted by atomic mass is 16.6. The van der Waals surface area contributed by atoms with Crippen LogP contribution in [0.2, 0.25) is 0 Å². The molecule has 1 aliphatic rings. The molecule has 1 saturated carbocycles. The summed E-state index contributed by atoms with van der Waals surface area (Å²) in [5.74, 6) is -0.368. The van der Waals surface area contributed by atoms with Crippen LogP contribution in [0.15, 0.2) is 48.5 Å². The zero-order valence-corrected chi connectivity index (χ0v) is 14.7. The Labute approximate surface area is 152 Å². The predicted octanol–water partition coefficient (Wildman–Crippen LogP) is 2.88. The van der Waals surface area contributed by atoms with E-state index in [4.69, 9.17) is 14.2 Å². The molecule has 1 fully saturated rings. The average molecular weight is 355 g/mol. The number of carbonyl (C=O) groups excluding carboxylic acids is 2. The van der Waals surface area contributed by atoms with Gasteiger partial charge in [-0.05, 0) is 25.0 Å². The van der Waals surface area contributed by atoms with Gasteiger partial charge in [-0.1, -0.05) is 36.4 Å². The maximum atomic E-state index is 12.8. The quantitative estimate of drug-likeness (QED) is 0.773. The largest absolute Gasteiger partial charge is 0.496 e. The summed E-state index contributed by atoms with van der Waals surface area (Å²) in [4.78, 5) is 25.5. The van der Waals surface area contributed by atoms with Crippen LogP contribution in [-0.4, -0.2) is 32.1 Å². The van der Waals surface area contributed by atoms with Crippen molar-refractivity contribution < 1.29 is 23.8 Å². The number of methoxy groups -OCH3 is 2. The molecule has 1 N–H and O–H groups in total. The lowest BCUT2D eigenvalue weighted by Gasteiger charge is -2.19. The van der Waals surface area contributed by atoms with Crippen LogP contribution in [-0.2, 0) is 9.53 Å². The minimum absolute atomic E-state index is 0.151. The van der Waals surface area contributed by atoms with Crippen molar-refractivity contribution in [3.8, 4) is 11.5 Å². The van der Waals surface area contributed by atoms with Crippen molar-refractivity contribution in [2.75, 3.05) is 14.2 Å². The first-order chi connectivity index (χ1) is 12.6. The summed E-state index contributed by atoms with van der Waals surface area (Å²) >= 11 is 0. The van der Waals surface area contributed by atoms with Gasteiger partial charge in [0.25, 0.3) is 5.91 Å². The average Bonchev–Trinajstić information content (AvgIpc) is 3.49. The second-order valence-electron chi connectivity index (χ2n) is 6.02. The van der Waals surface area contributed by atoms with E-state index in [1.165, 1.54) is 14.2 Å². The monoisotopic (exact) mass is 355 g/mol. The molecule has 6 nitrogen and oxygen atoms in total. The van der Waals surface area contributed by atoms with Crippen LogP contribution >= 0.6 is 0 Å². The molecule has 0 radical (unpaired) electrons. The Morgan fingerprint density at radius 1 is 0.962 bits per heavy atom. The molecule has 0 aromatic heterocycles. The van der Waals surface area contributed by atoms with Gasteiger partial charge in [0, 0.05) is 11.6 Å². The summed E-state index contributed by atoms with van der Waals surface area (Å²) in [6.45, 7) is 0. The van der Waals surface area contributed by atoms with Gasteiger partial charge < -0.3 is 19.5 Å². The Hall–Kier alpha value is -3.02. The van der Waals surface area contributed by atoms with Crippen molar-refractivity contribution in [1.29, 1.82) is 0 Å². The smallest absolute Gasteiger partial charge is 0.346 e. The highest BCUT2D eigenvalue weighted by Gasteiger charge is 2.32. The normalized spacial score (nSPS) is 14.2. The predicted molar refractivity (Wildman–Crippen MR) is 95.3 cm³/mol.